The van der Waals surface area contributed by atoms with Crippen molar-refractivity contribution in [1.29, 1.82) is 0 Å². The van der Waals surface area contributed by atoms with Crippen molar-refractivity contribution in [3.8, 4) is 11.5 Å². The molecular formula is C26H29N3O4. The fourth-order valence-corrected chi connectivity index (χ4v) is 3.10. The van der Waals surface area contributed by atoms with E-state index in [0.29, 0.717) is 29.4 Å². The molecule has 0 atom stereocenters. The molecule has 0 fully saturated rings. The number of nitrogens with zero attached hydrogens (tertiary/aromatic N) is 1. The van der Waals surface area contributed by atoms with Gasteiger partial charge in [-0.25, -0.2) is 0 Å². The molecule has 2 amide bonds. The van der Waals surface area contributed by atoms with E-state index >= 15 is 0 Å². The molecule has 0 aliphatic heterocycles. The van der Waals surface area contributed by atoms with Gasteiger partial charge in [-0.15, -0.1) is 0 Å². The van der Waals surface area contributed by atoms with Crippen LogP contribution in [0, 0.1) is 0 Å². The van der Waals surface area contributed by atoms with Crippen LogP contribution in [0.25, 0.3) is 0 Å². The molecule has 0 saturated heterocycles. The van der Waals surface area contributed by atoms with Crippen molar-refractivity contribution in [3.05, 3.63) is 83.7 Å². The monoisotopic (exact) mass is 447 g/mol. The highest BCUT2D eigenvalue weighted by atomic mass is 16.5. The number of hydrogen-bond acceptors (Lipinski definition) is 5. The maximum atomic E-state index is 12.4. The molecule has 172 valence electrons. The number of carbonyl (C=O) groups is 2. The zero-order valence-corrected chi connectivity index (χ0v) is 19.3. The van der Waals surface area contributed by atoms with Gasteiger partial charge in [0.15, 0.2) is 11.5 Å². The molecule has 7 heteroatoms. The molecule has 33 heavy (non-hydrogen) atoms. The topological polar surface area (TPSA) is 89.6 Å². The first-order chi connectivity index (χ1) is 15.8. The fourth-order valence-electron chi connectivity index (χ4n) is 3.10. The van der Waals surface area contributed by atoms with E-state index in [4.69, 9.17) is 9.47 Å². The van der Waals surface area contributed by atoms with Crippen LogP contribution in [0.15, 0.2) is 67.0 Å². The molecule has 0 unspecified atom stereocenters. The van der Waals surface area contributed by atoms with E-state index in [9.17, 15) is 9.59 Å². The molecule has 3 aromatic rings. The van der Waals surface area contributed by atoms with E-state index < -0.39 is 0 Å². The van der Waals surface area contributed by atoms with Gasteiger partial charge in [0.2, 0.25) is 5.91 Å². The summed E-state index contributed by atoms with van der Waals surface area (Å²) in [5.41, 5.74) is 3.09. The van der Waals surface area contributed by atoms with Crippen LogP contribution in [-0.2, 0) is 16.8 Å². The maximum absolute atomic E-state index is 12.4. The molecule has 2 N–H and O–H groups in total. The third-order valence-electron chi connectivity index (χ3n) is 4.99. The van der Waals surface area contributed by atoms with Gasteiger partial charge >= 0.3 is 0 Å². The molecule has 0 spiro atoms. The van der Waals surface area contributed by atoms with Crippen LogP contribution in [0.1, 0.15) is 42.3 Å². The van der Waals surface area contributed by atoms with E-state index in [2.05, 4.69) is 36.4 Å². The van der Waals surface area contributed by atoms with Gasteiger partial charge in [0, 0.05) is 35.3 Å². The zero-order valence-electron chi connectivity index (χ0n) is 19.3. The Hall–Kier alpha value is -3.87. The van der Waals surface area contributed by atoms with Gasteiger partial charge in [-0.3, -0.25) is 14.6 Å². The molecule has 2 aromatic carbocycles. The summed E-state index contributed by atoms with van der Waals surface area (Å²) in [7, 11) is 1.55. The second kappa shape index (κ2) is 10.6. The smallest absolute Gasteiger partial charge is 0.251 e. The minimum Gasteiger partial charge on any atom is -0.493 e. The van der Waals surface area contributed by atoms with E-state index in [1.54, 1.807) is 49.8 Å². The van der Waals surface area contributed by atoms with Crippen molar-refractivity contribution in [2.24, 2.45) is 0 Å². The molecule has 0 bridgehead atoms. The van der Waals surface area contributed by atoms with Crippen molar-refractivity contribution >= 4 is 17.5 Å². The highest BCUT2D eigenvalue weighted by molar-refractivity contribution is 5.99. The van der Waals surface area contributed by atoms with Crippen molar-refractivity contribution in [2.75, 3.05) is 19.0 Å². The second-order valence-electron chi connectivity index (χ2n) is 8.57. The van der Waals surface area contributed by atoms with Crippen LogP contribution in [0.4, 0.5) is 5.69 Å². The van der Waals surface area contributed by atoms with E-state index in [-0.39, 0.29) is 23.8 Å². The molecule has 3 rings (SSSR count). The average molecular weight is 448 g/mol. The van der Waals surface area contributed by atoms with Gasteiger partial charge < -0.3 is 20.1 Å². The summed E-state index contributed by atoms with van der Waals surface area (Å²) < 4.78 is 11.2. The molecule has 0 radical (unpaired) electrons. The van der Waals surface area contributed by atoms with E-state index in [1.165, 1.54) is 0 Å². The van der Waals surface area contributed by atoms with Gasteiger partial charge in [-0.2, -0.15) is 0 Å². The third kappa shape index (κ3) is 6.80. The Labute approximate surface area is 194 Å². The number of carbonyl (C=O) groups excluding carboxylic acids is 2. The number of rotatable bonds is 8. The fraction of sp³-hybridized carbons (Fsp3) is 0.269. The van der Waals surface area contributed by atoms with Crippen molar-refractivity contribution < 1.29 is 19.1 Å². The number of hydrogen-bond donors (Lipinski definition) is 2. The van der Waals surface area contributed by atoms with Gasteiger partial charge in [0.05, 0.1) is 13.7 Å². The number of ether oxygens (including phenoxy) is 2. The number of nitrogens with one attached hydrogen (secondary N) is 2. The maximum Gasteiger partial charge on any atom is 0.251 e. The van der Waals surface area contributed by atoms with Gasteiger partial charge in [0.1, 0.15) is 6.61 Å². The first-order valence-corrected chi connectivity index (χ1v) is 10.6. The Morgan fingerprint density at radius 3 is 2.39 bits per heavy atom. The minimum atomic E-state index is -0.349. The molecule has 0 aliphatic rings. The van der Waals surface area contributed by atoms with Crippen LogP contribution >= 0.6 is 0 Å². The van der Waals surface area contributed by atoms with Crippen LogP contribution < -0.4 is 20.1 Å². The predicted octanol–water partition coefficient (Wildman–Crippen LogP) is 4.34. The van der Waals surface area contributed by atoms with Crippen LogP contribution in [-0.4, -0.2) is 30.5 Å². The third-order valence-corrected chi connectivity index (χ3v) is 4.99. The second-order valence-corrected chi connectivity index (χ2v) is 8.57. The molecule has 0 aliphatic carbocycles. The highest BCUT2D eigenvalue weighted by Crippen LogP contribution is 2.31. The minimum absolute atomic E-state index is 0.00775. The molecule has 1 aromatic heterocycles. The predicted molar refractivity (Wildman–Crippen MR) is 128 cm³/mol. The number of methoxy groups -OCH3 is 1. The first kappa shape index (κ1) is 23.8. The number of aromatic nitrogens is 1. The van der Waals surface area contributed by atoms with E-state index in [1.807, 2.05) is 24.3 Å². The molecule has 7 nitrogen and oxygen atoms in total. The summed E-state index contributed by atoms with van der Waals surface area (Å²) in [6.07, 6.45) is 3.41. The van der Waals surface area contributed by atoms with Gasteiger partial charge in [-0.1, -0.05) is 39.0 Å². The summed E-state index contributed by atoms with van der Waals surface area (Å²) in [4.78, 5) is 28.8. The Balaban J connectivity index is 1.56. The van der Waals surface area contributed by atoms with E-state index in [0.717, 1.165) is 11.1 Å². The highest BCUT2D eigenvalue weighted by Gasteiger charge is 2.15. The lowest BCUT2D eigenvalue weighted by molar-refractivity contribution is -0.115. The summed E-state index contributed by atoms with van der Waals surface area (Å²) in [5, 5.41) is 5.41. The summed E-state index contributed by atoms with van der Waals surface area (Å²) in [6, 6.07) is 16.2. The van der Waals surface area contributed by atoms with Gasteiger partial charge in [0.25, 0.3) is 5.91 Å². The lowest BCUT2D eigenvalue weighted by Crippen LogP contribution is -2.32. The summed E-state index contributed by atoms with van der Waals surface area (Å²) in [6.45, 7) is 6.49. The number of pyridine rings is 1. The Morgan fingerprint density at radius 1 is 1.00 bits per heavy atom. The zero-order chi connectivity index (χ0) is 23.8. The molecular weight excluding hydrogens is 418 g/mol. The number of benzene rings is 2. The Morgan fingerprint density at radius 2 is 1.76 bits per heavy atom. The van der Waals surface area contributed by atoms with Crippen molar-refractivity contribution in [2.45, 2.75) is 32.8 Å². The number of amides is 2. The van der Waals surface area contributed by atoms with Crippen LogP contribution in [0.2, 0.25) is 0 Å². The Bertz CT molecular complexity index is 1090. The number of anilines is 1. The lowest BCUT2D eigenvalue weighted by Gasteiger charge is -2.19. The largest absolute Gasteiger partial charge is 0.493 e. The lowest BCUT2D eigenvalue weighted by atomic mass is 9.87. The van der Waals surface area contributed by atoms with Gasteiger partial charge in [-0.05, 0) is 41.3 Å². The Kier molecular flexibility index (Phi) is 7.66. The van der Waals surface area contributed by atoms with Crippen LogP contribution in [0.5, 0.6) is 11.5 Å². The van der Waals surface area contributed by atoms with Crippen LogP contribution in [0.3, 0.4) is 0 Å². The molecule has 1 heterocycles. The van der Waals surface area contributed by atoms with Crippen molar-refractivity contribution in [3.63, 3.8) is 0 Å². The normalized spacial score (nSPS) is 10.9. The first-order valence-electron chi connectivity index (χ1n) is 10.6. The quantitative estimate of drug-likeness (QED) is 0.536. The average Bonchev–Trinajstić information content (AvgIpc) is 2.81. The van der Waals surface area contributed by atoms with Crippen molar-refractivity contribution in [1.82, 2.24) is 10.3 Å². The summed E-state index contributed by atoms with van der Waals surface area (Å²) >= 11 is 0. The summed E-state index contributed by atoms with van der Waals surface area (Å²) in [5.74, 6) is 0.380. The SMILES string of the molecule is COc1ccc(NC(=O)CNC(=O)c2ccc(C(C)(C)C)cc2)cc1OCc1cccnc1. The molecule has 0 saturated carbocycles. The standard InChI is InChI=1S/C26H29N3O4/c1-26(2,3)20-9-7-19(8-10-20)25(31)28-16-24(30)29-21-11-12-22(32-4)23(14-21)33-17-18-6-5-13-27-15-18/h5-15H,16-17H2,1-4H3,(H,28,31)(H,29,30).